The largest absolute Gasteiger partial charge is 0.419 e. The molecular weight excluding hydrogens is 450 g/mol. The van der Waals surface area contributed by atoms with Crippen molar-refractivity contribution >= 4 is 36.8 Å². The van der Waals surface area contributed by atoms with Crippen LogP contribution in [0.25, 0.3) is 0 Å². The van der Waals surface area contributed by atoms with E-state index in [-0.39, 0.29) is 42.8 Å². The molecule has 7 nitrogen and oxygen atoms in total. The van der Waals surface area contributed by atoms with E-state index in [1.54, 1.807) is 25.1 Å². The second kappa shape index (κ2) is 8.61. The Labute approximate surface area is 186 Å². The molecule has 1 aliphatic heterocycles. The van der Waals surface area contributed by atoms with Gasteiger partial charge in [-0.05, 0) is 37.3 Å². The Morgan fingerprint density at radius 1 is 1.22 bits per heavy atom. The van der Waals surface area contributed by atoms with Crippen molar-refractivity contribution in [1.82, 2.24) is 14.8 Å². The number of rotatable bonds is 3. The van der Waals surface area contributed by atoms with E-state index in [4.69, 9.17) is 0 Å². The van der Waals surface area contributed by atoms with Gasteiger partial charge in [0.05, 0.1) is 23.4 Å². The normalized spacial score (nSPS) is 15.7. The van der Waals surface area contributed by atoms with Gasteiger partial charge in [0, 0.05) is 18.4 Å². The van der Waals surface area contributed by atoms with Crippen LogP contribution in [0.2, 0.25) is 0 Å². The summed E-state index contributed by atoms with van der Waals surface area (Å²) in [5.41, 5.74) is -1.55. The van der Waals surface area contributed by atoms with Crippen molar-refractivity contribution in [3.05, 3.63) is 71.4 Å². The molecule has 0 radical (unpaired) electrons. The summed E-state index contributed by atoms with van der Waals surface area (Å²) < 4.78 is 54.0. The molecular formula is C20H17F4N5O2S. The van der Waals surface area contributed by atoms with Gasteiger partial charge in [-0.15, -0.1) is 0 Å². The number of hydrogen-bond donors (Lipinski definition) is 1. The number of carbonyl (C=O) groups excluding carboxylic acids is 2. The Bertz CT molecular complexity index is 1170. The zero-order chi connectivity index (χ0) is 22.3. The molecule has 0 bridgehead atoms. The third-order valence-electron chi connectivity index (χ3n) is 4.83. The van der Waals surface area contributed by atoms with Crippen molar-refractivity contribution in [2.24, 2.45) is 0 Å². The number of amides is 2. The monoisotopic (exact) mass is 467 g/mol. The van der Waals surface area contributed by atoms with Gasteiger partial charge in [0.1, 0.15) is 17.3 Å². The lowest BCUT2D eigenvalue weighted by atomic mass is 10.1. The van der Waals surface area contributed by atoms with Gasteiger partial charge in [0.25, 0.3) is 11.8 Å². The van der Waals surface area contributed by atoms with E-state index in [1.807, 2.05) is 0 Å². The van der Waals surface area contributed by atoms with Crippen LogP contribution in [0.4, 0.5) is 29.1 Å². The van der Waals surface area contributed by atoms with Crippen molar-refractivity contribution in [3.63, 3.8) is 0 Å². The fraction of sp³-hybridized carbons (Fsp3) is 0.200. The van der Waals surface area contributed by atoms with Gasteiger partial charge in [-0.25, -0.2) is 9.37 Å². The number of halogens is 4. The lowest BCUT2D eigenvalue weighted by molar-refractivity contribution is -0.139. The van der Waals surface area contributed by atoms with Crippen LogP contribution in [-0.2, 0) is 6.18 Å². The highest BCUT2D eigenvalue weighted by Gasteiger charge is 2.37. The minimum Gasteiger partial charge on any atom is -0.306 e. The molecule has 0 aliphatic carbocycles. The second-order valence-corrected chi connectivity index (χ2v) is 6.95. The average Bonchev–Trinajstić information content (AvgIpc) is 3.17. The first-order valence-electron chi connectivity index (χ1n) is 9.15. The molecule has 0 spiro atoms. The topological polar surface area (TPSA) is 80.1 Å². The molecule has 0 saturated heterocycles. The summed E-state index contributed by atoms with van der Waals surface area (Å²) in [7, 11) is 0. The molecule has 1 aromatic carbocycles. The van der Waals surface area contributed by atoms with Crippen LogP contribution < -0.4 is 10.2 Å². The number of aromatic nitrogens is 3. The Kier molecular flexibility index (Phi) is 6.26. The first-order chi connectivity index (χ1) is 14.7. The van der Waals surface area contributed by atoms with Gasteiger partial charge in [0.2, 0.25) is 0 Å². The number of alkyl halides is 3. The molecule has 3 heterocycles. The summed E-state index contributed by atoms with van der Waals surface area (Å²) in [6.45, 7) is 1.76. The van der Waals surface area contributed by atoms with E-state index < -0.39 is 35.4 Å². The number of anilines is 2. The Balaban J connectivity index is 0.00000289. The number of benzene rings is 1. The van der Waals surface area contributed by atoms with Crippen molar-refractivity contribution in [3.8, 4) is 0 Å². The molecule has 168 valence electrons. The van der Waals surface area contributed by atoms with Gasteiger partial charge >= 0.3 is 6.18 Å². The van der Waals surface area contributed by atoms with E-state index in [1.165, 1.54) is 17.1 Å². The molecule has 0 fully saturated rings. The minimum absolute atomic E-state index is 0. The summed E-state index contributed by atoms with van der Waals surface area (Å²) in [5, 5.41) is 6.67. The molecule has 32 heavy (non-hydrogen) atoms. The highest BCUT2D eigenvalue weighted by Crippen LogP contribution is 2.35. The SMILES string of the molecule is C[C@H]1CN(c2ccc(C(F)(F)F)c(F)c2)C(=O)c2c(C(=O)Nc3ccccn3)cnn21.S. The molecule has 0 saturated carbocycles. The maximum absolute atomic E-state index is 14.1. The molecule has 12 heteroatoms. The van der Waals surface area contributed by atoms with Crippen LogP contribution in [0.15, 0.2) is 48.8 Å². The van der Waals surface area contributed by atoms with Crippen LogP contribution in [0.1, 0.15) is 39.4 Å². The highest BCUT2D eigenvalue weighted by molar-refractivity contribution is 7.59. The van der Waals surface area contributed by atoms with E-state index in [0.717, 1.165) is 11.0 Å². The summed E-state index contributed by atoms with van der Waals surface area (Å²) in [6, 6.07) is 6.77. The predicted octanol–water partition coefficient (Wildman–Crippen LogP) is 4.02. The molecule has 3 aromatic rings. The number of nitrogens with one attached hydrogen (secondary N) is 1. The van der Waals surface area contributed by atoms with Gasteiger partial charge < -0.3 is 10.2 Å². The predicted molar refractivity (Wildman–Crippen MR) is 113 cm³/mol. The Hall–Kier alpha value is -3.41. The molecule has 1 atom stereocenters. The molecule has 2 amide bonds. The van der Waals surface area contributed by atoms with E-state index in [0.29, 0.717) is 12.1 Å². The second-order valence-electron chi connectivity index (χ2n) is 6.95. The van der Waals surface area contributed by atoms with Crippen molar-refractivity contribution in [2.75, 3.05) is 16.8 Å². The van der Waals surface area contributed by atoms with E-state index >= 15 is 0 Å². The molecule has 1 N–H and O–H groups in total. The van der Waals surface area contributed by atoms with Crippen LogP contribution in [0.3, 0.4) is 0 Å². The maximum Gasteiger partial charge on any atom is 0.419 e. The van der Waals surface area contributed by atoms with Crippen molar-refractivity contribution in [2.45, 2.75) is 19.1 Å². The number of nitrogens with zero attached hydrogens (tertiary/aromatic N) is 4. The third-order valence-corrected chi connectivity index (χ3v) is 4.83. The van der Waals surface area contributed by atoms with Crippen LogP contribution >= 0.6 is 13.5 Å². The summed E-state index contributed by atoms with van der Waals surface area (Å²) >= 11 is 0. The fourth-order valence-electron chi connectivity index (χ4n) is 3.37. The lowest BCUT2D eigenvalue weighted by Gasteiger charge is -2.32. The van der Waals surface area contributed by atoms with Crippen LogP contribution in [0.5, 0.6) is 0 Å². The quantitative estimate of drug-likeness (QED) is 0.590. The Morgan fingerprint density at radius 2 is 1.97 bits per heavy atom. The maximum atomic E-state index is 14.1. The van der Waals surface area contributed by atoms with Gasteiger partial charge in [-0.2, -0.15) is 31.8 Å². The highest BCUT2D eigenvalue weighted by atomic mass is 32.1. The average molecular weight is 467 g/mol. The molecule has 0 unspecified atom stereocenters. The van der Waals surface area contributed by atoms with Gasteiger partial charge in [-0.1, -0.05) is 6.07 Å². The standard InChI is InChI=1S/C20H15F4N5O2.H2S/c1-11-10-28(12-5-6-14(15(21)8-12)20(22,23)24)19(31)17-13(9-26-29(11)17)18(30)27-16-4-2-3-7-25-16;/h2-9,11H,10H2,1H3,(H,25,27,30);1H2/t11-;/m0./s1. The lowest BCUT2D eigenvalue weighted by Crippen LogP contribution is -2.43. The smallest absolute Gasteiger partial charge is 0.306 e. The number of pyridine rings is 1. The molecule has 2 aromatic heterocycles. The van der Waals surface area contributed by atoms with E-state index in [9.17, 15) is 27.2 Å². The minimum atomic E-state index is -4.85. The number of fused-ring (bicyclic) bond motifs is 1. The zero-order valence-electron chi connectivity index (χ0n) is 16.5. The molecule has 4 rings (SSSR count). The first-order valence-corrected chi connectivity index (χ1v) is 9.15. The van der Waals surface area contributed by atoms with Crippen LogP contribution in [-0.4, -0.2) is 33.1 Å². The summed E-state index contributed by atoms with van der Waals surface area (Å²) in [5.74, 6) is -2.52. The fourth-order valence-corrected chi connectivity index (χ4v) is 3.37. The van der Waals surface area contributed by atoms with Gasteiger partial charge in [-0.3, -0.25) is 14.3 Å². The number of carbonyl (C=O) groups is 2. The zero-order valence-corrected chi connectivity index (χ0v) is 17.5. The number of hydrogen-bond acceptors (Lipinski definition) is 4. The Morgan fingerprint density at radius 3 is 2.59 bits per heavy atom. The molecule has 1 aliphatic rings. The van der Waals surface area contributed by atoms with Crippen LogP contribution in [0, 0.1) is 5.82 Å². The van der Waals surface area contributed by atoms with Crippen molar-refractivity contribution in [1.29, 1.82) is 0 Å². The summed E-state index contributed by atoms with van der Waals surface area (Å²) in [4.78, 5) is 30.9. The first kappa shape index (κ1) is 23.3. The van der Waals surface area contributed by atoms with Crippen molar-refractivity contribution < 1.29 is 27.2 Å². The summed E-state index contributed by atoms with van der Waals surface area (Å²) in [6.07, 6.45) is -2.13. The third kappa shape index (κ3) is 4.17. The van der Waals surface area contributed by atoms with Gasteiger partial charge in [0.15, 0.2) is 0 Å². The van der Waals surface area contributed by atoms with E-state index in [2.05, 4.69) is 15.4 Å².